The number of carbonyl (C=O) groups is 1. The summed E-state index contributed by atoms with van der Waals surface area (Å²) < 4.78 is 30.0. The van der Waals surface area contributed by atoms with Crippen LogP contribution >= 0.6 is 0 Å². The Bertz CT molecular complexity index is 192. The molecule has 1 aliphatic heterocycles. The number of ether oxygens (including phenoxy) is 1. The van der Waals surface area contributed by atoms with E-state index in [0.29, 0.717) is 0 Å². The molecule has 0 aromatic carbocycles. The Hall–Kier alpha value is -0.510. The van der Waals surface area contributed by atoms with Gasteiger partial charge in [0.2, 0.25) is 0 Å². The van der Waals surface area contributed by atoms with Crippen LogP contribution in [-0.2, 0) is 9.53 Å². The molecule has 4 heteroatoms. The fourth-order valence-corrected chi connectivity index (χ4v) is 1.32. The zero-order valence-corrected chi connectivity index (χ0v) is 7.85. The predicted molar refractivity (Wildman–Crippen MR) is 43.8 cm³/mol. The maximum Gasteiger partial charge on any atom is 0.271 e. The molecule has 1 unspecified atom stereocenters. The molecule has 1 aliphatic rings. The van der Waals surface area contributed by atoms with Crippen molar-refractivity contribution in [3.8, 4) is 0 Å². The van der Waals surface area contributed by atoms with E-state index < -0.39 is 18.6 Å². The van der Waals surface area contributed by atoms with Gasteiger partial charge >= 0.3 is 0 Å². The molecule has 13 heavy (non-hydrogen) atoms. The van der Waals surface area contributed by atoms with Crippen molar-refractivity contribution >= 4 is 5.78 Å². The van der Waals surface area contributed by atoms with Gasteiger partial charge in [0.1, 0.15) is 12.7 Å². The van der Waals surface area contributed by atoms with Gasteiger partial charge in [0, 0.05) is 12.3 Å². The predicted octanol–water partition coefficient (Wildman–Crippen LogP) is 2.03. The molecule has 0 aromatic rings. The highest BCUT2D eigenvalue weighted by Crippen LogP contribution is 2.29. The number of alkyl halides is 2. The Balaban J connectivity index is 2.46. The number of halogens is 2. The molecule has 76 valence electrons. The van der Waals surface area contributed by atoms with E-state index in [2.05, 4.69) is 0 Å². The first-order valence-corrected chi connectivity index (χ1v) is 4.45. The number of carbonyl (C=O) groups excluding carboxylic acids is 1. The van der Waals surface area contributed by atoms with Gasteiger partial charge in [-0.3, -0.25) is 4.79 Å². The van der Waals surface area contributed by atoms with Gasteiger partial charge in [-0.2, -0.15) is 0 Å². The summed E-state index contributed by atoms with van der Waals surface area (Å²) in [7, 11) is 0. The third-order valence-electron chi connectivity index (χ3n) is 2.15. The van der Waals surface area contributed by atoms with Crippen LogP contribution in [0.4, 0.5) is 8.78 Å². The van der Waals surface area contributed by atoms with Crippen molar-refractivity contribution in [2.24, 2.45) is 5.92 Å². The average molecular weight is 192 g/mol. The molecule has 2 nitrogen and oxygen atoms in total. The third-order valence-corrected chi connectivity index (χ3v) is 2.15. The quantitative estimate of drug-likeness (QED) is 0.669. The summed E-state index contributed by atoms with van der Waals surface area (Å²) in [5.74, 6) is -2.96. The highest BCUT2D eigenvalue weighted by Gasteiger charge is 2.38. The van der Waals surface area contributed by atoms with Crippen LogP contribution in [0.3, 0.4) is 0 Å². The molecule has 0 amide bonds. The second kappa shape index (κ2) is 3.70. The van der Waals surface area contributed by atoms with Crippen LogP contribution in [0, 0.1) is 5.92 Å². The van der Waals surface area contributed by atoms with Crippen LogP contribution in [0.5, 0.6) is 0 Å². The van der Waals surface area contributed by atoms with Crippen molar-refractivity contribution in [1.82, 2.24) is 0 Å². The van der Waals surface area contributed by atoms with Crippen molar-refractivity contribution in [3.63, 3.8) is 0 Å². The Morgan fingerprint density at radius 2 is 2.15 bits per heavy atom. The van der Waals surface area contributed by atoms with Crippen molar-refractivity contribution in [2.75, 3.05) is 6.61 Å². The Kier molecular flexibility index (Phi) is 3.01. The minimum Gasteiger partial charge on any atom is -0.364 e. The van der Waals surface area contributed by atoms with Crippen molar-refractivity contribution in [1.29, 1.82) is 0 Å². The summed E-state index contributed by atoms with van der Waals surface area (Å²) in [6.07, 6.45) is -0.709. The van der Waals surface area contributed by atoms with Crippen molar-refractivity contribution in [3.05, 3.63) is 0 Å². The minimum atomic E-state index is -2.74. The van der Waals surface area contributed by atoms with Crippen LogP contribution in [0.25, 0.3) is 0 Å². The highest BCUT2D eigenvalue weighted by atomic mass is 19.3. The largest absolute Gasteiger partial charge is 0.364 e. The standard InChI is InChI=1S/C9H14F2O2/c1-6(2)8(12)7-3-4-9(10,11)5-13-7/h6-7H,3-5H2,1-2H3. The number of hydrogen-bond donors (Lipinski definition) is 0. The van der Waals surface area contributed by atoms with Gasteiger partial charge < -0.3 is 4.74 Å². The normalized spacial score (nSPS) is 27.6. The van der Waals surface area contributed by atoms with Crippen LogP contribution in [0.2, 0.25) is 0 Å². The number of hydrogen-bond acceptors (Lipinski definition) is 2. The molecule has 1 fully saturated rings. The van der Waals surface area contributed by atoms with E-state index in [4.69, 9.17) is 4.74 Å². The summed E-state index contributed by atoms with van der Waals surface area (Å²) in [6, 6.07) is 0. The Morgan fingerprint density at radius 3 is 2.54 bits per heavy atom. The van der Waals surface area contributed by atoms with Gasteiger partial charge in [-0.1, -0.05) is 13.8 Å². The molecule has 0 radical (unpaired) electrons. The van der Waals surface area contributed by atoms with E-state index in [1.807, 2.05) is 0 Å². The maximum absolute atomic E-state index is 12.6. The number of Topliss-reactive ketones (excluding diaryl/α,β-unsaturated/α-hetero) is 1. The van der Waals surface area contributed by atoms with Gasteiger partial charge in [0.05, 0.1) is 0 Å². The average Bonchev–Trinajstić information content (AvgIpc) is 2.03. The smallest absolute Gasteiger partial charge is 0.271 e. The molecule has 1 rings (SSSR count). The molecule has 0 spiro atoms. The molecule has 0 aromatic heterocycles. The highest BCUT2D eigenvalue weighted by molar-refractivity contribution is 5.84. The molecule has 1 atom stereocenters. The minimum absolute atomic E-state index is 0.0736. The zero-order valence-electron chi connectivity index (χ0n) is 7.85. The van der Waals surface area contributed by atoms with Gasteiger partial charge in [-0.25, -0.2) is 8.78 Å². The summed E-state index contributed by atoms with van der Waals surface area (Å²) >= 11 is 0. The van der Waals surface area contributed by atoms with E-state index in [9.17, 15) is 13.6 Å². The summed E-state index contributed by atoms with van der Waals surface area (Å²) in [4.78, 5) is 11.3. The van der Waals surface area contributed by atoms with Gasteiger partial charge in [0.15, 0.2) is 5.78 Å². The molecule has 0 N–H and O–H groups in total. The van der Waals surface area contributed by atoms with Gasteiger partial charge in [0.25, 0.3) is 5.92 Å². The molecular formula is C9H14F2O2. The maximum atomic E-state index is 12.6. The van der Waals surface area contributed by atoms with E-state index in [1.54, 1.807) is 13.8 Å². The van der Waals surface area contributed by atoms with Crippen LogP contribution in [0.1, 0.15) is 26.7 Å². The van der Waals surface area contributed by atoms with Crippen LogP contribution in [0.15, 0.2) is 0 Å². The fraction of sp³-hybridized carbons (Fsp3) is 0.889. The summed E-state index contributed by atoms with van der Waals surface area (Å²) in [6.45, 7) is 2.88. The third kappa shape index (κ3) is 2.72. The monoisotopic (exact) mass is 192 g/mol. The summed E-state index contributed by atoms with van der Waals surface area (Å²) in [5, 5.41) is 0. The lowest BCUT2D eigenvalue weighted by molar-refractivity contribution is -0.162. The van der Waals surface area contributed by atoms with E-state index >= 15 is 0 Å². The first-order valence-electron chi connectivity index (χ1n) is 4.45. The lowest BCUT2D eigenvalue weighted by Crippen LogP contribution is -2.40. The van der Waals surface area contributed by atoms with Crippen molar-refractivity contribution < 1.29 is 18.3 Å². The lowest BCUT2D eigenvalue weighted by Gasteiger charge is -2.28. The molecule has 0 bridgehead atoms. The molecule has 1 heterocycles. The van der Waals surface area contributed by atoms with E-state index in [-0.39, 0.29) is 24.5 Å². The van der Waals surface area contributed by atoms with E-state index in [1.165, 1.54) is 0 Å². The Labute approximate surface area is 76.3 Å². The SMILES string of the molecule is CC(C)C(=O)C1CCC(F)(F)CO1. The lowest BCUT2D eigenvalue weighted by atomic mass is 9.97. The van der Waals surface area contributed by atoms with Crippen LogP contribution < -0.4 is 0 Å². The number of ketones is 1. The van der Waals surface area contributed by atoms with Gasteiger partial charge in [-0.05, 0) is 6.42 Å². The first-order chi connectivity index (χ1) is 5.92. The Morgan fingerprint density at radius 1 is 1.54 bits per heavy atom. The second-order valence-electron chi connectivity index (χ2n) is 3.75. The van der Waals surface area contributed by atoms with Gasteiger partial charge in [-0.15, -0.1) is 0 Å². The second-order valence-corrected chi connectivity index (χ2v) is 3.75. The summed E-state index contributed by atoms with van der Waals surface area (Å²) in [5.41, 5.74) is 0. The first kappa shape index (κ1) is 10.6. The molecule has 0 aliphatic carbocycles. The molecule has 1 saturated heterocycles. The van der Waals surface area contributed by atoms with E-state index in [0.717, 1.165) is 0 Å². The number of rotatable bonds is 2. The fourth-order valence-electron chi connectivity index (χ4n) is 1.32. The van der Waals surface area contributed by atoms with Crippen molar-refractivity contribution in [2.45, 2.75) is 38.7 Å². The topological polar surface area (TPSA) is 26.3 Å². The molecular weight excluding hydrogens is 178 g/mol. The zero-order chi connectivity index (χ0) is 10.1. The molecule has 0 saturated carbocycles. The van der Waals surface area contributed by atoms with Crippen LogP contribution in [-0.4, -0.2) is 24.4 Å².